The zero-order valence-electron chi connectivity index (χ0n) is 21.6. The molecule has 1 unspecified atom stereocenters. The Morgan fingerprint density at radius 2 is 1.86 bits per heavy atom. The molecule has 3 atom stereocenters. The Bertz CT molecular complexity index is 1320. The second-order valence-corrected chi connectivity index (χ2v) is 10.3. The van der Waals surface area contributed by atoms with Crippen LogP contribution in [-0.4, -0.2) is 46.0 Å². The van der Waals surface area contributed by atoms with Crippen LogP contribution in [0.5, 0.6) is 23.0 Å². The number of aromatic hydroxyl groups is 2. The van der Waals surface area contributed by atoms with E-state index in [9.17, 15) is 15.3 Å². The van der Waals surface area contributed by atoms with Gasteiger partial charge in [-0.15, -0.1) is 0 Å². The van der Waals surface area contributed by atoms with Crippen molar-refractivity contribution in [2.45, 2.75) is 45.9 Å². The van der Waals surface area contributed by atoms with Gasteiger partial charge in [0, 0.05) is 29.3 Å². The van der Waals surface area contributed by atoms with Crippen LogP contribution in [-0.2, 0) is 6.61 Å². The number of likely N-dealkylation sites (tertiary alicyclic amines) is 1. The van der Waals surface area contributed by atoms with Gasteiger partial charge in [-0.05, 0) is 91.9 Å². The topological polar surface area (TPSA) is 82.4 Å². The molecule has 0 amide bonds. The van der Waals surface area contributed by atoms with Gasteiger partial charge in [0.2, 0.25) is 0 Å². The van der Waals surface area contributed by atoms with Crippen LogP contribution < -0.4 is 9.47 Å². The van der Waals surface area contributed by atoms with Gasteiger partial charge in [0.15, 0.2) is 6.10 Å². The molecule has 37 heavy (non-hydrogen) atoms. The van der Waals surface area contributed by atoms with E-state index in [4.69, 9.17) is 9.47 Å². The number of rotatable bonds is 7. The van der Waals surface area contributed by atoms with Gasteiger partial charge in [0.25, 0.3) is 0 Å². The van der Waals surface area contributed by atoms with Crippen LogP contribution in [0.1, 0.15) is 55.5 Å². The van der Waals surface area contributed by atoms with Gasteiger partial charge >= 0.3 is 0 Å². The van der Waals surface area contributed by atoms with E-state index in [1.165, 1.54) is 6.42 Å². The van der Waals surface area contributed by atoms with Gasteiger partial charge in [-0.1, -0.05) is 25.1 Å². The molecule has 1 saturated heterocycles. The van der Waals surface area contributed by atoms with Crippen molar-refractivity contribution in [3.8, 4) is 23.0 Å². The zero-order chi connectivity index (χ0) is 26.1. The lowest BCUT2D eigenvalue weighted by molar-refractivity contribution is 0.168. The van der Waals surface area contributed by atoms with Gasteiger partial charge in [-0.3, -0.25) is 4.90 Å². The number of fused-ring (bicyclic) bond motifs is 1. The highest BCUT2D eigenvalue weighted by molar-refractivity contribution is 5.96. The molecule has 3 N–H and O–H groups in total. The minimum absolute atomic E-state index is 0.158. The van der Waals surface area contributed by atoms with Crippen LogP contribution >= 0.6 is 0 Å². The summed E-state index contributed by atoms with van der Waals surface area (Å²) in [6.07, 6.45) is 0.715. The first kappa shape index (κ1) is 25.2. The van der Waals surface area contributed by atoms with Crippen LogP contribution in [0.25, 0.3) is 11.1 Å². The van der Waals surface area contributed by atoms with E-state index in [1.807, 2.05) is 31.2 Å². The van der Waals surface area contributed by atoms with Crippen molar-refractivity contribution in [2.75, 3.05) is 19.7 Å². The number of phenolic OH excluding ortho intramolecular Hbond substituents is 2. The predicted molar refractivity (Wildman–Crippen MR) is 145 cm³/mol. The maximum atomic E-state index is 10.3. The molecule has 2 aliphatic heterocycles. The molecule has 3 aromatic rings. The number of hydrogen-bond acceptors (Lipinski definition) is 6. The number of aliphatic hydroxyl groups excluding tert-OH is 1. The summed E-state index contributed by atoms with van der Waals surface area (Å²) < 4.78 is 12.7. The Balaban J connectivity index is 1.48. The number of nitrogens with zero attached hydrogens (tertiary/aromatic N) is 1. The fourth-order valence-corrected chi connectivity index (χ4v) is 5.46. The average molecular weight is 502 g/mol. The van der Waals surface area contributed by atoms with Crippen molar-refractivity contribution < 1.29 is 24.8 Å². The molecule has 0 radical (unpaired) electrons. The Morgan fingerprint density at radius 3 is 2.59 bits per heavy atom. The molecule has 0 saturated carbocycles. The summed E-state index contributed by atoms with van der Waals surface area (Å²) in [6.45, 7) is 9.10. The van der Waals surface area contributed by atoms with Crippen molar-refractivity contribution in [1.82, 2.24) is 4.90 Å². The molecular weight excluding hydrogens is 466 g/mol. The third-order valence-electron chi connectivity index (χ3n) is 7.57. The van der Waals surface area contributed by atoms with Crippen LogP contribution in [0.3, 0.4) is 0 Å². The quantitative estimate of drug-likeness (QED) is 0.382. The number of hydrogen-bond donors (Lipinski definition) is 3. The minimum atomic E-state index is -0.514. The normalized spacial score (nSPS) is 20.4. The first-order valence-electron chi connectivity index (χ1n) is 12.9. The SMILES string of the molecule is CC1=C(c2cccc(O)c2)C(c2ccc(OC[C@H](C)N3CC[C@@H](C)C3)cc2CO)Oc2ccc(O)cc21. The first-order valence-corrected chi connectivity index (χ1v) is 12.9. The fraction of sp³-hybridized carbons (Fsp3) is 0.355. The molecule has 194 valence electrons. The molecule has 1 fully saturated rings. The summed E-state index contributed by atoms with van der Waals surface area (Å²) in [4.78, 5) is 2.46. The van der Waals surface area contributed by atoms with Crippen LogP contribution in [0.15, 0.2) is 60.7 Å². The monoisotopic (exact) mass is 501 g/mol. The lowest BCUT2D eigenvalue weighted by atomic mass is 9.84. The van der Waals surface area contributed by atoms with Gasteiger partial charge in [0.1, 0.15) is 29.6 Å². The Hall–Kier alpha value is -3.48. The Kier molecular flexibility index (Phi) is 7.13. The molecule has 5 rings (SSSR count). The highest BCUT2D eigenvalue weighted by Gasteiger charge is 2.31. The number of phenols is 2. The summed E-state index contributed by atoms with van der Waals surface area (Å²) in [5, 5.41) is 30.6. The zero-order valence-corrected chi connectivity index (χ0v) is 21.6. The third kappa shape index (κ3) is 5.17. The van der Waals surface area contributed by atoms with Gasteiger partial charge < -0.3 is 24.8 Å². The molecule has 0 aliphatic carbocycles. The third-order valence-corrected chi connectivity index (χ3v) is 7.57. The van der Waals surface area contributed by atoms with Gasteiger partial charge in [-0.2, -0.15) is 0 Å². The number of aliphatic hydroxyl groups is 1. The largest absolute Gasteiger partial charge is 0.508 e. The van der Waals surface area contributed by atoms with Crippen molar-refractivity contribution in [1.29, 1.82) is 0 Å². The second kappa shape index (κ2) is 10.5. The van der Waals surface area contributed by atoms with E-state index in [0.717, 1.165) is 52.4 Å². The molecule has 2 heterocycles. The van der Waals surface area contributed by atoms with E-state index in [-0.39, 0.29) is 18.1 Å². The average Bonchev–Trinajstić information content (AvgIpc) is 3.33. The van der Waals surface area contributed by atoms with Gasteiger partial charge in [-0.25, -0.2) is 0 Å². The van der Waals surface area contributed by atoms with Crippen LogP contribution in [0.2, 0.25) is 0 Å². The van der Waals surface area contributed by atoms with Crippen molar-refractivity contribution in [2.24, 2.45) is 5.92 Å². The van der Waals surface area contributed by atoms with E-state index in [2.05, 4.69) is 18.7 Å². The molecule has 0 bridgehead atoms. The summed E-state index contributed by atoms with van der Waals surface area (Å²) in [6, 6.07) is 18.2. The molecule has 0 spiro atoms. The second-order valence-electron chi connectivity index (χ2n) is 10.3. The summed E-state index contributed by atoms with van der Waals surface area (Å²) in [7, 11) is 0. The molecule has 6 nitrogen and oxygen atoms in total. The standard InChI is InChI=1S/C31H35NO5/c1-19-11-12-32(16-19)20(2)18-36-26-8-9-27(23(14-26)17-33)31-30(22-5-4-6-24(34)13-22)21(3)28-15-25(35)7-10-29(28)37-31/h4-10,13-15,19-20,31,33-35H,11-12,16-18H2,1-3H3/t19-,20+,31?/m1/s1. The summed E-state index contributed by atoms with van der Waals surface area (Å²) in [5.41, 5.74) is 4.96. The lowest BCUT2D eigenvalue weighted by Crippen LogP contribution is -2.35. The van der Waals surface area contributed by atoms with E-state index in [1.54, 1.807) is 36.4 Å². The van der Waals surface area contributed by atoms with E-state index < -0.39 is 6.10 Å². The molecule has 2 aliphatic rings. The predicted octanol–water partition coefficient (Wildman–Crippen LogP) is 5.76. The Labute approximate surface area is 218 Å². The van der Waals surface area contributed by atoms with E-state index in [0.29, 0.717) is 24.1 Å². The minimum Gasteiger partial charge on any atom is -0.508 e. The first-order chi connectivity index (χ1) is 17.8. The van der Waals surface area contributed by atoms with Crippen molar-refractivity contribution in [3.05, 3.63) is 82.9 Å². The lowest BCUT2D eigenvalue weighted by Gasteiger charge is -2.32. The van der Waals surface area contributed by atoms with Crippen LogP contribution in [0, 0.1) is 5.92 Å². The maximum absolute atomic E-state index is 10.3. The van der Waals surface area contributed by atoms with Crippen molar-refractivity contribution in [3.63, 3.8) is 0 Å². The summed E-state index contributed by atoms with van der Waals surface area (Å²) in [5.74, 6) is 2.41. The highest BCUT2D eigenvalue weighted by Crippen LogP contribution is 2.48. The molecular formula is C31H35NO5. The van der Waals surface area contributed by atoms with Crippen molar-refractivity contribution >= 4 is 11.1 Å². The Morgan fingerprint density at radius 1 is 1.05 bits per heavy atom. The summed E-state index contributed by atoms with van der Waals surface area (Å²) >= 11 is 0. The maximum Gasteiger partial charge on any atom is 0.150 e. The fourth-order valence-electron chi connectivity index (χ4n) is 5.46. The number of benzene rings is 3. The highest BCUT2D eigenvalue weighted by atomic mass is 16.5. The number of allylic oxidation sites excluding steroid dienone is 1. The van der Waals surface area contributed by atoms with Gasteiger partial charge in [0.05, 0.1) is 6.61 Å². The smallest absolute Gasteiger partial charge is 0.150 e. The van der Waals surface area contributed by atoms with Crippen LogP contribution in [0.4, 0.5) is 0 Å². The van der Waals surface area contributed by atoms with E-state index >= 15 is 0 Å². The molecule has 6 heteroatoms. The number of ether oxygens (including phenoxy) is 2. The molecule has 3 aromatic carbocycles. The molecule has 0 aromatic heterocycles.